The average molecular weight is 264 g/mol. The lowest BCUT2D eigenvalue weighted by Crippen LogP contribution is -2.40. The van der Waals surface area contributed by atoms with Gasteiger partial charge in [-0.3, -0.25) is 4.79 Å². The van der Waals surface area contributed by atoms with Crippen LogP contribution in [0.2, 0.25) is 0 Å². The molecular weight excluding hydrogens is 240 g/mol. The number of hydrogen-bond acceptors (Lipinski definition) is 4. The normalized spacial score (nSPS) is 21.0. The molecular formula is C15H24N2O2. The van der Waals surface area contributed by atoms with Crippen LogP contribution in [0.25, 0.3) is 0 Å². The topological polar surface area (TPSA) is 46.3 Å². The number of aromatic nitrogens is 1. The third kappa shape index (κ3) is 3.44. The van der Waals surface area contributed by atoms with Crippen molar-refractivity contribution in [1.82, 2.24) is 9.88 Å². The number of hydrogen-bond donors (Lipinski definition) is 0. The number of carbonyl (C=O) groups excluding carboxylic acids is 1. The van der Waals surface area contributed by atoms with Crippen molar-refractivity contribution >= 4 is 5.78 Å². The summed E-state index contributed by atoms with van der Waals surface area (Å²) >= 11 is 0. The quantitative estimate of drug-likeness (QED) is 0.784. The molecule has 2 heterocycles. The molecule has 0 spiro atoms. The van der Waals surface area contributed by atoms with Crippen molar-refractivity contribution in [3.05, 3.63) is 17.3 Å². The second-order valence-electron chi connectivity index (χ2n) is 5.86. The van der Waals surface area contributed by atoms with E-state index in [1.54, 1.807) is 6.92 Å². The van der Waals surface area contributed by atoms with Crippen LogP contribution in [-0.4, -0.2) is 34.8 Å². The second kappa shape index (κ2) is 5.87. The predicted molar refractivity (Wildman–Crippen MR) is 74.4 cm³/mol. The first-order chi connectivity index (χ1) is 8.97. The Labute approximate surface area is 115 Å². The van der Waals surface area contributed by atoms with Crippen molar-refractivity contribution in [2.24, 2.45) is 5.92 Å². The molecule has 0 amide bonds. The van der Waals surface area contributed by atoms with Gasteiger partial charge in [0.2, 0.25) is 0 Å². The molecule has 1 aromatic heterocycles. The zero-order valence-corrected chi connectivity index (χ0v) is 12.4. The summed E-state index contributed by atoms with van der Waals surface area (Å²) in [6, 6.07) is 0.564. The van der Waals surface area contributed by atoms with Gasteiger partial charge in [0.1, 0.15) is 11.5 Å². The first kappa shape index (κ1) is 14.3. The number of piperidine rings is 1. The van der Waals surface area contributed by atoms with Crippen molar-refractivity contribution in [3.63, 3.8) is 0 Å². The van der Waals surface area contributed by atoms with Crippen molar-refractivity contribution < 1.29 is 9.21 Å². The van der Waals surface area contributed by atoms with E-state index in [0.717, 1.165) is 19.5 Å². The van der Waals surface area contributed by atoms with E-state index in [0.29, 0.717) is 35.7 Å². The Hall–Kier alpha value is -1.16. The predicted octanol–water partition coefficient (Wildman–Crippen LogP) is 2.98. The highest BCUT2D eigenvalue weighted by Crippen LogP contribution is 2.23. The maximum Gasteiger partial charge on any atom is 0.191 e. The highest BCUT2D eigenvalue weighted by Gasteiger charge is 2.25. The maximum atomic E-state index is 12.3. The average Bonchev–Trinajstić information content (AvgIpc) is 2.69. The number of Topliss-reactive ketones (excluding diaryl/α,β-unsaturated/α-hetero) is 1. The van der Waals surface area contributed by atoms with Gasteiger partial charge >= 0.3 is 0 Å². The van der Waals surface area contributed by atoms with Crippen LogP contribution in [0.5, 0.6) is 0 Å². The number of oxazole rings is 1. The number of carbonyl (C=O) groups is 1. The Morgan fingerprint density at radius 3 is 2.79 bits per heavy atom. The molecule has 0 unspecified atom stereocenters. The molecule has 0 aliphatic carbocycles. The fourth-order valence-electron chi connectivity index (χ4n) is 2.88. The largest absolute Gasteiger partial charge is 0.446 e. The molecule has 19 heavy (non-hydrogen) atoms. The van der Waals surface area contributed by atoms with Gasteiger partial charge in [-0.05, 0) is 46.1 Å². The molecule has 1 atom stereocenters. The number of rotatable bonds is 4. The fraction of sp³-hybridized carbons (Fsp3) is 0.733. The monoisotopic (exact) mass is 264 g/mol. The lowest BCUT2D eigenvalue weighted by molar-refractivity contribution is 0.0884. The number of ketones is 1. The number of likely N-dealkylation sites (tertiary alicyclic amines) is 1. The second-order valence-corrected chi connectivity index (χ2v) is 5.86. The number of nitrogens with zero attached hydrogens (tertiary/aromatic N) is 2. The first-order valence-electron chi connectivity index (χ1n) is 7.18. The minimum Gasteiger partial charge on any atom is -0.446 e. The molecule has 4 nitrogen and oxygen atoms in total. The van der Waals surface area contributed by atoms with Crippen molar-refractivity contribution in [1.29, 1.82) is 0 Å². The summed E-state index contributed by atoms with van der Waals surface area (Å²) in [5.74, 6) is 1.82. The van der Waals surface area contributed by atoms with Crippen LogP contribution in [0, 0.1) is 19.8 Å². The van der Waals surface area contributed by atoms with Crippen LogP contribution in [0.1, 0.15) is 55.2 Å². The van der Waals surface area contributed by atoms with E-state index < -0.39 is 0 Å². The highest BCUT2D eigenvalue weighted by molar-refractivity contribution is 5.95. The molecule has 106 valence electrons. The van der Waals surface area contributed by atoms with Gasteiger partial charge < -0.3 is 9.32 Å². The summed E-state index contributed by atoms with van der Waals surface area (Å²) in [7, 11) is 0. The zero-order chi connectivity index (χ0) is 14.0. The summed E-state index contributed by atoms with van der Waals surface area (Å²) in [4.78, 5) is 18.9. The van der Waals surface area contributed by atoms with Crippen LogP contribution in [0.4, 0.5) is 0 Å². The van der Waals surface area contributed by atoms with Crippen molar-refractivity contribution in [3.8, 4) is 0 Å². The Morgan fingerprint density at radius 2 is 2.21 bits per heavy atom. The summed E-state index contributed by atoms with van der Waals surface area (Å²) < 4.78 is 5.34. The van der Waals surface area contributed by atoms with Gasteiger partial charge in [0.25, 0.3) is 0 Å². The first-order valence-corrected chi connectivity index (χ1v) is 7.18. The Kier molecular flexibility index (Phi) is 4.40. The molecule has 0 radical (unpaired) electrons. The molecule has 0 bridgehead atoms. The summed E-state index contributed by atoms with van der Waals surface area (Å²) in [6.45, 7) is 10.2. The van der Waals surface area contributed by atoms with Crippen LogP contribution in [0.3, 0.4) is 0 Å². The summed E-state index contributed by atoms with van der Waals surface area (Å²) in [5.41, 5.74) is 0.527. The summed E-state index contributed by atoms with van der Waals surface area (Å²) in [6.07, 6.45) is 2.92. The van der Waals surface area contributed by atoms with Gasteiger partial charge in [-0.1, -0.05) is 0 Å². The Bertz CT molecular complexity index is 451. The fourth-order valence-corrected chi connectivity index (χ4v) is 2.88. The molecule has 1 aliphatic heterocycles. The molecule has 1 fully saturated rings. The third-order valence-electron chi connectivity index (χ3n) is 3.92. The molecule has 0 aromatic carbocycles. The van der Waals surface area contributed by atoms with E-state index in [4.69, 9.17) is 4.42 Å². The smallest absolute Gasteiger partial charge is 0.191 e. The molecule has 0 N–H and O–H groups in total. The Balaban J connectivity index is 1.97. The van der Waals surface area contributed by atoms with E-state index in [1.165, 1.54) is 6.42 Å². The third-order valence-corrected chi connectivity index (χ3v) is 3.92. The van der Waals surface area contributed by atoms with Gasteiger partial charge in [-0.25, -0.2) is 4.98 Å². The number of aryl methyl sites for hydroxylation is 2. The minimum absolute atomic E-state index is 0.130. The Morgan fingerprint density at radius 1 is 1.47 bits per heavy atom. The van der Waals surface area contributed by atoms with E-state index >= 15 is 0 Å². The molecule has 1 aromatic rings. The van der Waals surface area contributed by atoms with Crippen molar-refractivity contribution in [2.45, 2.75) is 53.0 Å². The lowest BCUT2D eigenvalue weighted by Gasteiger charge is -2.35. The molecule has 0 saturated carbocycles. The van der Waals surface area contributed by atoms with Crippen LogP contribution in [0.15, 0.2) is 4.42 Å². The molecule has 4 heteroatoms. The zero-order valence-electron chi connectivity index (χ0n) is 12.4. The van der Waals surface area contributed by atoms with Gasteiger partial charge in [0.05, 0.1) is 0 Å². The van der Waals surface area contributed by atoms with Crippen LogP contribution >= 0.6 is 0 Å². The van der Waals surface area contributed by atoms with E-state index in [9.17, 15) is 4.79 Å². The minimum atomic E-state index is 0.130. The van der Waals surface area contributed by atoms with Gasteiger partial charge in [0.15, 0.2) is 11.7 Å². The van der Waals surface area contributed by atoms with E-state index in [-0.39, 0.29) is 5.78 Å². The standard InChI is InChI=1S/C15H24N2O2/c1-10(2)17-7-5-6-13(9-17)8-14(18)15-11(3)19-12(4)16-15/h10,13H,5-9H2,1-4H3/t13-/m0/s1. The maximum absolute atomic E-state index is 12.3. The van der Waals surface area contributed by atoms with Gasteiger partial charge in [-0.15, -0.1) is 0 Å². The highest BCUT2D eigenvalue weighted by atomic mass is 16.4. The van der Waals surface area contributed by atoms with Crippen molar-refractivity contribution in [2.75, 3.05) is 13.1 Å². The molecule has 1 aliphatic rings. The van der Waals surface area contributed by atoms with E-state index in [1.807, 2.05) is 6.92 Å². The van der Waals surface area contributed by atoms with Crippen LogP contribution in [-0.2, 0) is 0 Å². The van der Waals surface area contributed by atoms with Crippen LogP contribution < -0.4 is 0 Å². The molecule has 2 rings (SSSR count). The summed E-state index contributed by atoms with van der Waals surface area (Å²) in [5, 5.41) is 0. The van der Waals surface area contributed by atoms with E-state index in [2.05, 4.69) is 23.7 Å². The van der Waals surface area contributed by atoms with Gasteiger partial charge in [-0.2, -0.15) is 0 Å². The molecule has 1 saturated heterocycles. The van der Waals surface area contributed by atoms with Gasteiger partial charge in [0, 0.05) is 25.9 Å². The lowest BCUT2D eigenvalue weighted by atomic mass is 9.91. The SMILES string of the molecule is Cc1nc(C(=O)C[C@@H]2CCCN(C(C)C)C2)c(C)o1.